The van der Waals surface area contributed by atoms with E-state index in [4.69, 9.17) is 4.74 Å². The summed E-state index contributed by atoms with van der Waals surface area (Å²) in [4.78, 5) is 23.0. The Morgan fingerprint density at radius 1 is 1.30 bits per heavy atom. The maximum atomic E-state index is 12.3. The first-order valence-corrected chi connectivity index (χ1v) is 8.39. The van der Waals surface area contributed by atoms with Crippen LogP contribution in [0.1, 0.15) is 29.6 Å². The van der Waals surface area contributed by atoms with E-state index in [2.05, 4.69) is 25.5 Å². The Kier molecular flexibility index (Phi) is 3.90. The fourth-order valence-corrected chi connectivity index (χ4v) is 3.60. The molecule has 3 fully saturated rings. The molecule has 0 unspecified atom stereocenters. The Bertz CT molecular complexity index is 574. The van der Waals surface area contributed by atoms with Crippen LogP contribution in [0.3, 0.4) is 0 Å². The highest BCUT2D eigenvalue weighted by Gasteiger charge is 2.42. The van der Waals surface area contributed by atoms with Crippen molar-refractivity contribution in [2.75, 3.05) is 32.1 Å². The van der Waals surface area contributed by atoms with E-state index in [9.17, 15) is 4.79 Å². The quantitative estimate of drug-likeness (QED) is 0.842. The maximum Gasteiger partial charge on any atom is 0.254 e. The van der Waals surface area contributed by atoms with Crippen LogP contribution in [0.15, 0.2) is 12.4 Å². The number of fused-ring (bicyclic) bond motifs is 1. The third-order valence-corrected chi connectivity index (χ3v) is 5.07. The predicted octanol–water partition coefficient (Wildman–Crippen LogP) is 0.500. The lowest BCUT2D eigenvalue weighted by molar-refractivity contribution is -0.0581. The second kappa shape index (κ2) is 6.05. The van der Waals surface area contributed by atoms with E-state index in [-0.39, 0.29) is 11.9 Å². The molecule has 3 aliphatic rings. The van der Waals surface area contributed by atoms with Gasteiger partial charge in [-0.1, -0.05) is 0 Å². The summed E-state index contributed by atoms with van der Waals surface area (Å²) in [5, 5.41) is 5.96. The lowest BCUT2D eigenvalue weighted by Gasteiger charge is -2.35. The molecule has 0 bridgehead atoms. The molecule has 1 aromatic rings. The molecule has 0 spiro atoms. The first-order valence-electron chi connectivity index (χ1n) is 8.39. The van der Waals surface area contributed by atoms with E-state index in [1.54, 1.807) is 19.4 Å². The number of nitrogens with one attached hydrogen (secondary N) is 2. The Balaban J connectivity index is 1.33. The average molecular weight is 317 g/mol. The predicted molar refractivity (Wildman–Crippen MR) is 85.3 cm³/mol. The zero-order valence-electron chi connectivity index (χ0n) is 13.4. The lowest BCUT2D eigenvalue weighted by atomic mass is 10.1. The second-order valence-electron chi connectivity index (χ2n) is 6.77. The van der Waals surface area contributed by atoms with Gasteiger partial charge in [0.2, 0.25) is 5.95 Å². The highest BCUT2D eigenvalue weighted by molar-refractivity contribution is 5.93. The van der Waals surface area contributed by atoms with Crippen molar-refractivity contribution < 1.29 is 9.53 Å². The minimum Gasteiger partial charge on any atom is -0.375 e. The molecule has 1 amide bonds. The molecule has 124 valence electrons. The summed E-state index contributed by atoms with van der Waals surface area (Å²) in [7, 11) is 1.75. The molecule has 4 rings (SSSR count). The molecule has 2 saturated heterocycles. The molecule has 23 heavy (non-hydrogen) atoms. The molecule has 3 atom stereocenters. The highest BCUT2D eigenvalue weighted by atomic mass is 16.5. The van der Waals surface area contributed by atoms with Gasteiger partial charge in [-0.15, -0.1) is 0 Å². The van der Waals surface area contributed by atoms with Crippen molar-refractivity contribution >= 4 is 11.9 Å². The number of ether oxygens (including phenoxy) is 1. The van der Waals surface area contributed by atoms with E-state index in [0.717, 1.165) is 32.0 Å². The largest absolute Gasteiger partial charge is 0.375 e. The molecule has 3 heterocycles. The normalized spacial score (nSPS) is 30.7. The van der Waals surface area contributed by atoms with E-state index in [0.29, 0.717) is 23.7 Å². The number of hydrogen-bond donors (Lipinski definition) is 2. The number of aromatic nitrogens is 2. The maximum absolute atomic E-state index is 12.3. The lowest BCUT2D eigenvalue weighted by Crippen LogP contribution is -2.47. The van der Waals surface area contributed by atoms with Gasteiger partial charge in [0, 0.05) is 44.6 Å². The number of amides is 1. The molecule has 1 saturated carbocycles. The minimum absolute atomic E-state index is 0.0999. The van der Waals surface area contributed by atoms with E-state index >= 15 is 0 Å². The summed E-state index contributed by atoms with van der Waals surface area (Å²) in [6, 6.07) is 0.622. The van der Waals surface area contributed by atoms with Gasteiger partial charge in [-0.25, -0.2) is 9.97 Å². The number of carbonyl (C=O) groups is 1. The Morgan fingerprint density at radius 2 is 2.09 bits per heavy atom. The molecular weight excluding hydrogens is 294 g/mol. The number of hydrogen-bond acceptors (Lipinski definition) is 6. The van der Waals surface area contributed by atoms with Crippen LogP contribution in [0.2, 0.25) is 0 Å². The van der Waals surface area contributed by atoms with E-state index in [1.807, 2.05) is 0 Å². The summed E-state index contributed by atoms with van der Waals surface area (Å²) in [6.45, 7) is 2.73. The van der Waals surface area contributed by atoms with Gasteiger partial charge in [-0.3, -0.25) is 9.69 Å². The third-order valence-electron chi connectivity index (χ3n) is 5.07. The van der Waals surface area contributed by atoms with Crippen molar-refractivity contribution in [1.82, 2.24) is 20.2 Å². The second-order valence-corrected chi connectivity index (χ2v) is 6.77. The number of nitrogens with zero attached hydrogens (tertiary/aromatic N) is 3. The van der Waals surface area contributed by atoms with E-state index < -0.39 is 0 Å². The average Bonchev–Trinajstić information content (AvgIpc) is 3.35. The summed E-state index contributed by atoms with van der Waals surface area (Å²) >= 11 is 0. The molecule has 7 nitrogen and oxygen atoms in total. The highest BCUT2D eigenvalue weighted by Crippen LogP contribution is 2.37. The third kappa shape index (κ3) is 3.16. The summed E-state index contributed by atoms with van der Waals surface area (Å²) in [6.07, 6.45) is 7.10. The van der Waals surface area contributed by atoms with Crippen molar-refractivity contribution in [2.24, 2.45) is 5.92 Å². The number of carbonyl (C=O) groups excluding carboxylic acids is 1. The van der Waals surface area contributed by atoms with Gasteiger partial charge in [-0.2, -0.15) is 0 Å². The van der Waals surface area contributed by atoms with Gasteiger partial charge < -0.3 is 15.4 Å². The first kappa shape index (κ1) is 14.8. The van der Waals surface area contributed by atoms with Crippen molar-refractivity contribution in [3.63, 3.8) is 0 Å². The van der Waals surface area contributed by atoms with Crippen LogP contribution in [-0.4, -0.2) is 65.7 Å². The van der Waals surface area contributed by atoms with Gasteiger partial charge >= 0.3 is 0 Å². The molecular formula is C16H23N5O2. The zero-order chi connectivity index (χ0) is 15.8. The molecule has 1 aromatic heterocycles. The SMILES string of the molecule is CNc1ncc(C(=O)N[C@H]2C[C@H]3CO[C@H](C4CC4)CN3C2)cn1. The van der Waals surface area contributed by atoms with Crippen LogP contribution >= 0.6 is 0 Å². The molecule has 2 aliphatic heterocycles. The molecule has 0 radical (unpaired) electrons. The van der Waals surface area contributed by atoms with Crippen molar-refractivity contribution in [3.05, 3.63) is 18.0 Å². The van der Waals surface area contributed by atoms with Crippen LogP contribution in [-0.2, 0) is 4.74 Å². The van der Waals surface area contributed by atoms with E-state index in [1.165, 1.54) is 12.8 Å². The summed E-state index contributed by atoms with van der Waals surface area (Å²) < 4.78 is 6.00. The van der Waals surface area contributed by atoms with Gasteiger partial charge in [-0.05, 0) is 25.2 Å². The Labute approximate surface area is 135 Å². The van der Waals surface area contributed by atoms with Gasteiger partial charge in [0.1, 0.15) is 0 Å². The fourth-order valence-electron chi connectivity index (χ4n) is 3.60. The zero-order valence-corrected chi connectivity index (χ0v) is 13.4. The summed E-state index contributed by atoms with van der Waals surface area (Å²) in [5.74, 6) is 1.19. The first-order chi connectivity index (χ1) is 11.2. The topological polar surface area (TPSA) is 79.4 Å². The molecule has 0 aromatic carbocycles. The fraction of sp³-hybridized carbons (Fsp3) is 0.688. The Hall–Kier alpha value is -1.73. The van der Waals surface area contributed by atoms with Crippen LogP contribution in [0.25, 0.3) is 0 Å². The summed E-state index contributed by atoms with van der Waals surface area (Å²) in [5.41, 5.74) is 0.501. The van der Waals surface area contributed by atoms with Gasteiger partial charge in [0.25, 0.3) is 5.91 Å². The monoisotopic (exact) mass is 317 g/mol. The van der Waals surface area contributed by atoms with Crippen molar-refractivity contribution in [3.8, 4) is 0 Å². The smallest absolute Gasteiger partial charge is 0.254 e. The van der Waals surface area contributed by atoms with Crippen LogP contribution in [0.5, 0.6) is 0 Å². The van der Waals surface area contributed by atoms with Gasteiger partial charge in [0.15, 0.2) is 0 Å². The Morgan fingerprint density at radius 3 is 2.78 bits per heavy atom. The van der Waals surface area contributed by atoms with Crippen molar-refractivity contribution in [1.29, 1.82) is 0 Å². The number of rotatable bonds is 4. The standard InChI is InChI=1S/C16H23N5O2/c1-17-16-18-5-11(6-19-16)15(22)20-12-4-13-9-23-14(10-2-3-10)8-21(13)7-12/h5-6,10,12-14H,2-4,7-9H2,1H3,(H,20,22)(H,17,18,19)/t12-,13-,14-/m0/s1. The molecule has 1 aliphatic carbocycles. The van der Waals surface area contributed by atoms with Gasteiger partial charge in [0.05, 0.1) is 18.3 Å². The number of morpholine rings is 1. The van der Waals surface area contributed by atoms with Crippen LogP contribution in [0.4, 0.5) is 5.95 Å². The number of anilines is 1. The molecule has 7 heteroatoms. The molecule has 2 N–H and O–H groups in total. The van der Waals surface area contributed by atoms with Crippen LogP contribution < -0.4 is 10.6 Å². The minimum atomic E-state index is -0.0999. The van der Waals surface area contributed by atoms with Crippen LogP contribution in [0, 0.1) is 5.92 Å². The van der Waals surface area contributed by atoms with Crippen molar-refractivity contribution in [2.45, 2.75) is 37.5 Å².